The predicted octanol–water partition coefficient (Wildman–Crippen LogP) is 5.77. The maximum absolute atomic E-state index is 11.4. The van der Waals surface area contributed by atoms with Crippen LogP contribution in [-0.2, 0) is 4.57 Å². The molecule has 0 aliphatic carbocycles. The van der Waals surface area contributed by atoms with E-state index in [-0.39, 0.29) is 0 Å². The lowest BCUT2D eigenvalue weighted by Gasteiger charge is -2.25. The lowest BCUT2D eigenvalue weighted by Crippen LogP contribution is -2.16. The summed E-state index contributed by atoms with van der Waals surface area (Å²) in [5, 5.41) is -0.942. The van der Waals surface area contributed by atoms with Crippen LogP contribution < -0.4 is 0 Å². The van der Waals surface area contributed by atoms with E-state index in [9.17, 15) is 4.57 Å². The lowest BCUT2D eigenvalue weighted by atomic mass is 10.2. The molecule has 84 valence electrons. The van der Waals surface area contributed by atoms with Gasteiger partial charge in [-0.05, 0) is 28.0 Å². The second kappa shape index (κ2) is 5.04. The standard InChI is InChI=1S/C8H6Cl5OP/c9-7(6-4-2-1-3-5-6)8(10,11)15(12,13)14/h1-5,7H. The maximum Gasteiger partial charge on any atom is 0.289 e. The normalized spacial score (nSPS) is 15.0. The fourth-order valence-corrected chi connectivity index (χ4v) is 3.06. The van der Waals surface area contributed by atoms with E-state index >= 15 is 0 Å². The van der Waals surface area contributed by atoms with Gasteiger partial charge in [-0.2, -0.15) is 0 Å². The van der Waals surface area contributed by atoms with E-state index in [1.165, 1.54) is 0 Å². The van der Waals surface area contributed by atoms with Gasteiger partial charge in [-0.3, -0.25) is 4.57 Å². The molecular weight excluding hydrogens is 320 g/mol. The lowest BCUT2D eigenvalue weighted by molar-refractivity contribution is 0.587. The van der Waals surface area contributed by atoms with Crippen LogP contribution in [0.2, 0.25) is 0 Å². The molecule has 1 aromatic rings. The fraction of sp³-hybridized carbons (Fsp3) is 0.250. The average Bonchev–Trinajstić information content (AvgIpc) is 2.16. The van der Waals surface area contributed by atoms with E-state index in [0.717, 1.165) is 0 Å². The molecule has 0 N–H and O–H groups in total. The maximum atomic E-state index is 11.4. The molecule has 0 amide bonds. The average molecular weight is 326 g/mol. The molecule has 1 nitrogen and oxygen atoms in total. The van der Waals surface area contributed by atoms with E-state index in [2.05, 4.69) is 0 Å². The molecule has 0 aliphatic heterocycles. The van der Waals surface area contributed by atoms with E-state index in [1.54, 1.807) is 30.3 Å². The van der Waals surface area contributed by atoms with Gasteiger partial charge in [0.2, 0.25) is 4.07 Å². The Morgan fingerprint density at radius 3 is 2.00 bits per heavy atom. The highest BCUT2D eigenvalue weighted by atomic mass is 35.9. The molecule has 1 unspecified atom stereocenters. The van der Waals surface area contributed by atoms with Gasteiger partial charge < -0.3 is 0 Å². The van der Waals surface area contributed by atoms with E-state index < -0.39 is 15.3 Å². The number of rotatable bonds is 3. The number of alkyl halides is 3. The van der Waals surface area contributed by atoms with Gasteiger partial charge >= 0.3 is 0 Å². The highest BCUT2D eigenvalue weighted by Gasteiger charge is 2.49. The van der Waals surface area contributed by atoms with Crippen LogP contribution in [0.25, 0.3) is 0 Å². The van der Waals surface area contributed by atoms with Gasteiger partial charge in [0.05, 0.1) is 0 Å². The summed E-state index contributed by atoms with van der Waals surface area (Å²) in [4.78, 5) is 0. The molecule has 15 heavy (non-hydrogen) atoms. The number of hydrogen-bond donors (Lipinski definition) is 0. The summed E-state index contributed by atoms with van der Waals surface area (Å²) in [6.07, 6.45) is 0. The zero-order valence-electron chi connectivity index (χ0n) is 7.21. The van der Waals surface area contributed by atoms with Crippen molar-refractivity contribution in [3.8, 4) is 0 Å². The van der Waals surface area contributed by atoms with Crippen LogP contribution in [0.4, 0.5) is 0 Å². The van der Waals surface area contributed by atoms with Gasteiger partial charge in [-0.25, -0.2) is 0 Å². The highest BCUT2D eigenvalue weighted by Crippen LogP contribution is 2.75. The van der Waals surface area contributed by atoms with Crippen molar-refractivity contribution >= 4 is 63.1 Å². The number of halogens is 5. The van der Waals surface area contributed by atoms with E-state index in [0.29, 0.717) is 5.56 Å². The molecule has 0 fully saturated rings. The first-order valence-corrected chi connectivity index (χ1v) is 8.54. The molecule has 0 saturated heterocycles. The van der Waals surface area contributed by atoms with Crippen LogP contribution in [0.1, 0.15) is 10.9 Å². The number of benzene rings is 1. The first-order valence-electron chi connectivity index (χ1n) is 3.83. The summed E-state index contributed by atoms with van der Waals surface area (Å²) in [6.45, 7) is 0. The first-order chi connectivity index (χ1) is 6.77. The summed E-state index contributed by atoms with van der Waals surface area (Å²) in [6, 6.07) is 8.70. The summed E-state index contributed by atoms with van der Waals surface area (Å²) in [5.41, 5.74) is 0.602. The summed E-state index contributed by atoms with van der Waals surface area (Å²) in [5.74, 6) is -3.75. The first kappa shape index (κ1) is 14.0. The molecule has 0 bridgehead atoms. The zero-order valence-corrected chi connectivity index (χ0v) is 11.9. The Hall–Kier alpha value is 0.900. The highest BCUT2D eigenvalue weighted by molar-refractivity contribution is 8.11. The Labute approximate surface area is 113 Å². The molecule has 1 rings (SSSR count). The molecule has 0 aliphatic rings. The van der Waals surface area contributed by atoms with Crippen molar-refractivity contribution in [1.29, 1.82) is 0 Å². The molecule has 7 heteroatoms. The van der Waals surface area contributed by atoms with Crippen LogP contribution in [0.15, 0.2) is 30.3 Å². The molecule has 1 aromatic carbocycles. The van der Waals surface area contributed by atoms with Crippen molar-refractivity contribution in [2.45, 2.75) is 9.45 Å². The Morgan fingerprint density at radius 2 is 1.60 bits per heavy atom. The topological polar surface area (TPSA) is 17.1 Å². The van der Waals surface area contributed by atoms with Crippen LogP contribution >= 0.6 is 63.1 Å². The summed E-state index contributed by atoms with van der Waals surface area (Å²) in [7, 11) is 0. The molecule has 0 saturated carbocycles. The second-order valence-electron chi connectivity index (χ2n) is 2.82. The van der Waals surface area contributed by atoms with Gasteiger partial charge in [-0.1, -0.05) is 53.5 Å². The fourth-order valence-electron chi connectivity index (χ4n) is 0.954. The van der Waals surface area contributed by atoms with Crippen molar-refractivity contribution in [3.63, 3.8) is 0 Å². The Balaban J connectivity index is 3.05. The van der Waals surface area contributed by atoms with Crippen LogP contribution in [0, 0.1) is 0 Å². The molecule has 0 aromatic heterocycles. The van der Waals surface area contributed by atoms with Gasteiger partial charge in [-0.15, -0.1) is 11.6 Å². The zero-order chi connectivity index (χ0) is 11.7. The molecule has 0 radical (unpaired) electrons. The van der Waals surface area contributed by atoms with E-state index in [1.807, 2.05) is 0 Å². The van der Waals surface area contributed by atoms with Crippen molar-refractivity contribution in [2.24, 2.45) is 0 Å². The van der Waals surface area contributed by atoms with Crippen molar-refractivity contribution < 1.29 is 4.57 Å². The third-order valence-corrected chi connectivity index (χ3v) is 8.15. The van der Waals surface area contributed by atoms with Gasteiger partial charge in [0.1, 0.15) is 5.38 Å². The minimum atomic E-state index is -3.75. The third kappa shape index (κ3) is 3.19. The van der Waals surface area contributed by atoms with Crippen LogP contribution in [0.3, 0.4) is 0 Å². The third-order valence-electron chi connectivity index (χ3n) is 1.74. The molecule has 0 spiro atoms. The minimum absolute atomic E-state index is 0.602. The Bertz CT molecular complexity index is 374. The molecule has 0 heterocycles. The monoisotopic (exact) mass is 324 g/mol. The Kier molecular flexibility index (Phi) is 4.69. The van der Waals surface area contributed by atoms with Gasteiger partial charge in [0.15, 0.2) is 0 Å². The summed E-state index contributed by atoms with van der Waals surface area (Å²) < 4.78 is 9.53. The van der Waals surface area contributed by atoms with Gasteiger partial charge in [0.25, 0.3) is 5.85 Å². The number of hydrogen-bond acceptors (Lipinski definition) is 1. The predicted molar refractivity (Wildman–Crippen MR) is 68.8 cm³/mol. The quantitative estimate of drug-likeness (QED) is 0.509. The SMILES string of the molecule is O=P(Cl)(Cl)C(Cl)(Cl)C(Cl)c1ccccc1. The van der Waals surface area contributed by atoms with Gasteiger partial charge in [0, 0.05) is 0 Å². The van der Waals surface area contributed by atoms with Crippen molar-refractivity contribution in [1.82, 2.24) is 0 Å². The smallest absolute Gasteiger partial charge is 0.286 e. The molecule has 1 atom stereocenters. The van der Waals surface area contributed by atoms with Crippen molar-refractivity contribution in [2.75, 3.05) is 0 Å². The minimum Gasteiger partial charge on any atom is -0.286 e. The largest absolute Gasteiger partial charge is 0.289 e. The Morgan fingerprint density at radius 1 is 1.13 bits per heavy atom. The summed E-state index contributed by atoms with van der Waals surface area (Å²) >= 11 is 28.5. The van der Waals surface area contributed by atoms with Crippen molar-refractivity contribution in [3.05, 3.63) is 35.9 Å². The van der Waals surface area contributed by atoms with E-state index in [4.69, 9.17) is 57.3 Å². The van der Waals surface area contributed by atoms with Crippen LogP contribution in [0.5, 0.6) is 0 Å². The molecular formula is C8H6Cl5OP. The second-order valence-corrected chi connectivity index (χ2v) is 10.2. The van der Waals surface area contributed by atoms with Crippen LogP contribution in [-0.4, -0.2) is 4.07 Å².